The molecule has 0 bridgehead atoms. The van der Waals surface area contributed by atoms with Crippen molar-refractivity contribution in [2.45, 2.75) is 40.2 Å². The molecule has 154 valence electrons. The molecule has 2 N–H and O–H groups in total. The third-order valence-corrected chi connectivity index (χ3v) is 5.13. The third kappa shape index (κ3) is 4.48. The number of hydrogen-bond acceptors (Lipinski definition) is 6. The lowest BCUT2D eigenvalue weighted by Gasteiger charge is -2.24. The molecule has 3 rings (SSSR count). The van der Waals surface area contributed by atoms with Crippen LogP contribution in [0.15, 0.2) is 36.7 Å². The predicted molar refractivity (Wildman–Crippen MR) is 119 cm³/mol. The monoisotopic (exact) mass is 393 g/mol. The summed E-state index contributed by atoms with van der Waals surface area (Å²) in [5, 5.41) is 1.02. The summed E-state index contributed by atoms with van der Waals surface area (Å²) in [6.07, 6.45) is 4.36. The van der Waals surface area contributed by atoms with E-state index in [1.54, 1.807) is 19.5 Å². The highest BCUT2D eigenvalue weighted by atomic mass is 16.5. The average Bonchev–Trinajstić information content (AvgIpc) is 2.73. The van der Waals surface area contributed by atoms with E-state index in [-0.39, 0.29) is 6.04 Å². The number of pyridine rings is 1. The van der Waals surface area contributed by atoms with Crippen molar-refractivity contribution < 1.29 is 4.74 Å². The molecule has 3 aromatic rings. The fourth-order valence-corrected chi connectivity index (χ4v) is 3.62. The van der Waals surface area contributed by atoms with Gasteiger partial charge >= 0.3 is 0 Å². The van der Waals surface area contributed by atoms with E-state index in [9.17, 15) is 0 Å². The molecule has 0 saturated carbocycles. The van der Waals surface area contributed by atoms with Crippen LogP contribution in [0.1, 0.15) is 46.0 Å². The topological polar surface area (TPSA) is 77.2 Å². The molecule has 1 aromatic carbocycles. The molecule has 0 aliphatic carbocycles. The summed E-state index contributed by atoms with van der Waals surface area (Å²) in [6.45, 7) is 10.3. The van der Waals surface area contributed by atoms with E-state index in [0.29, 0.717) is 11.7 Å². The number of nitrogens with zero attached hydrogens (tertiary/aromatic N) is 4. The van der Waals surface area contributed by atoms with E-state index in [1.807, 2.05) is 12.1 Å². The molecule has 0 aliphatic rings. The summed E-state index contributed by atoms with van der Waals surface area (Å²) in [7, 11) is 1.66. The van der Waals surface area contributed by atoms with Gasteiger partial charge in [-0.25, -0.2) is 9.97 Å². The van der Waals surface area contributed by atoms with Gasteiger partial charge in [0.25, 0.3) is 0 Å². The molecule has 1 unspecified atom stereocenters. The van der Waals surface area contributed by atoms with Crippen molar-refractivity contribution in [3.05, 3.63) is 42.5 Å². The number of fused-ring (bicyclic) bond motifs is 1. The normalized spacial score (nSPS) is 12.4. The van der Waals surface area contributed by atoms with E-state index in [4.69, 9.17) is 20.4 Å². The summed E-state index contributed by atoms with van der Waals surface area (Å²) in [4.78, 5) is 16.1. The van der Waals surface area contributed by atoms with Crippen molar-refractivity contribution in [3.8, 4) is 16.9 Å². The van der Waals surface area contributed by atoms with Gasteiger partial charge < -0.3 is 15.4 Å². The number of nitrogens with two attached hydrogens (primary N) is 1. The lowest BCUT2D eigenvalue weighted by molar-refractivity contribution is 0.414. The number of hydrogen-bond donors (Lipinski definition) is 1. The Bertz CT molecular complexity index is 969. The molecule has 1 atom stereocenters. The molecule has 0 aliphatic heterocycles. The average molecular weight is 394 g/mol. The van der Waals surface area contributed by atoms with Crippen LogP contribution < -0.4 is 15.4 Å². The highest BCUT2D eigenvalue weighted by Crippen LogP contribution is 2.34. The van der Waals surface area contributed by atoms with E-state index in [2.05, 4.69) is 49.7 Å². The summed E-state index contributed by atoms with van der Waals surface area (Å²) < 4.78 is 5.50. The first-order chi connectivity index (χ1) is 14.0. The summed E-state index contributed by atoms with van der Waals surface area (Å²) in [5.74, 6) is 2.88. The highest BCUT2D eigenvalue weighted by Gasteiger charge is 2.18. The minimum atomic E-state index is -0.173. The van der Waals surface area contributed by atoms with Crippen LogP contribution in [-0.4, -0.2) is 35.2 Å². The largest absolute Gasteiger partial charge is 0.494 e. The van der Waals surface area contributed by atoms with Crippen molar-refractivity contribution in [2.24, 2.45) is 11.7 Å². The Morgan fingerprint density at radius 1 is 1.10 bits per heavy atom. The highest BCUT2D eigenvalue weighted by molar-refractivity contribution is 5.93. The van der Waals surface area contributed by atoms with Crippen LogP contribution in [0.3, 0.4) is 0 Å². The molecular weight excluding hydrogens is 362 g/mol. The molecule has 0 fully saturated rings. The lowest BCUT2D eigenvalue weighted by atomic mass is 10.0. The Hall–Kier alpha value is -2.73. The predicted octanol–water partition coefficient (Wildman–Crippen LogP) is 4.59. The van der Waals surface area contributed by atoms with Gasteiger partial charge in [-0.3, -0.25) is 4.98 Å². The minimum Gasteiger partial charge on any atom is -0.494 e. The third-order valence-electron chi connectivity index (χ3n) is 5.13. The number of ether oxygens (including phenoxy) is 1. The zero-order valence-corrected chi connectivity index (χ0v) is 18.0. The number of methoxy groups -OCH3 is 1. The van der Waals surface area contributed by atoms with Crippen molar-refractivity contribution in [3.63, 3.8) is 0 Å². The van der Waals surface area contributed by atoms with Gasteiger partial charge in [0.1, 0.15) is 17.4 Å². The zero-order valence-electron chi connectivity index (χ0n) is 18.0. The van der Waals surface area contributed by atoms with Gasteiger partial charge in [0.2, 0.25) is 0 Å². The molecule has 6 nitrogen and oxygen atoms in total. The quantitative estimate of drug-likeness (QED) is 0.603. The molecule has 0 saturated heterocycles. The lowest BCUT2D eigenvalue weighted by Crippen LogP contribution is -2.25. The number of anilines is 1. The van der Waals surface area contributed by atoms with Crippen LogP contribution in [0.5, 0.6) is 5.75 Å². The van der Waals surface area contributed by atoms with Crippen LogP contribution in [-0.2, 0) is 0 Å². The summed E-state index contributed by atoms with van der Waals surface area (Å²) >= 11 is 0. The van der Waals surface area contributed by atoms with E-state index < -0.39 is 0 Å². The van der Waals surface area contributed by atoms with Crippen LogP contribution in [0, 0.1) is 5.92 Å². The number of benzene rings is 1. The Kier molecular flexibility index (Phi) is 6.64. The first kappa shape index (κ1) is 21.0. The zero-order chi connectivity index (χ0) is 21.0. The first-order valence-corrected chi connectivity index (χ1v) is 10.3. The van der Waals surface area contributed by atoms with Crippen LogP contribution >= 0.6 is 0 Å². The fourth-order valence-electron chi connectivity index (χ4n) is 3.62. The van der Waals surface area contributed by atoms with Crippen molar-refractivity contribution in [2.75, 3.05) is 25.1 Å². The maximum atomic E-state index is 6.43. The Morgan fingerprint density at radius 2 is 1.86 bits per heavy atom. The maximum Gasteiger partial charge on any atom is 0.148 e. The van der Waals surface area contributed by atoms with Gasteiger partial charge in [-0.2, -0.15) is 0 Å². The summed E-state index contributed by atoms with van der Waals surface area (Å²) in [6, 6.07) is 8.04. The number of aromatic nitrogens is 3. The summed E-state index contributed by atoms with van der Waals surface area (Å²) in [5.41, 5.74) is 9.39. The second-order valence-corrected chi connectivity index (χ2v) is 7.62. The van der Waals surface area contributed by atoms with E-state index in [0.717, 1.165) is 53.1 Å². The molecule has 6 heteroatoms. The SMILES string of the molecule is CCN(CC)c1nc(C(N)CC(C)C)nc2ccc(-c3ccncc3OC)cc12. The standard InChI is InChI=1S/C23H31N5O/c1-6-28(7-2)23-18-13-16(17-10-11-25-14-21(17)29-5)8-9-20(18)26-22(27-23)19(24)12-15(3)4/h8-11,13-15,19H,6-7,12,24H2,1-5H3. The van der Waals surface area contributed by atoms with E-state index in [1.165, 1.54) is 0 Å². The fraction of sp³-hybridized carbons (Fsp3) is 0.435. The van der Waals surface area contributed by atoms with Crippen molar-refractivity contribution in [1.29, 1.82) is 0 Å². The number of rotatable bonds is 8. The van der Waals surface area contributed by atoms with Gasteiger partial charge in [-0.05, 0) is 49.9 Å². The van der Waals surface area contributed by atoms with Crippen LogP contribution in [0.4, 0.5) is 5.82 Å². The van der Waals surface area contributed by atoms with Crippen LogP contribution in [0.25, 0.3) is 22.0 Å². The van der Waals surface area contributed by atoms with Crippen molar-refractivity contribution >= 4 is 16.7 Å². The second kappa shape index (κ2) is 9.18. The molecular formula is C23H31N5O. The molecule has 2 heterocycles. The van der Waals surface area contributed by atoms with Gasteiger partial charge in [0.15, 0.2) is 0 Å². The maximum absolute atomic E-state index is 6.43. The van der Waals surface area contributed by atoms with Crippen LogP contribution in [0.2, 0.25) is 0 Å². The molecule has 0 spiro atoms. The first-order valence-electron chi connectivity index (χ1n) is 10.3. The Morgan fingerprint density at radius 3 is 2.52 bits per heavy atom. The molecule has 2 aromatic heterocycles. The smallest absolute Gasteiger partial charge is 0.148 e. The molecule has 29 heavy (non-hydrogen) atoms. The minimum absolute atomic E-state index is 0.173. The Labute approximate surface area is 173 Å². The molecule has 0 radical (unpaired) electrons. The van der Waals surface area contributed by atoms with Gasteiger partial charge in [-0.15, -0.1) is 0 Å². The van der Waals surface area contributed by atoms with Crippen molar-refractivity contribution in [1.82, 2.24) is 15.0 Å². The second-order valence-electron chi connectivity index (χ2n) is 7.62. The van der Waals surface area contributed by atoms with Gasteiger partial charge in [0, 0.05) is 30.2 Å². The van der Waals surface area contributed by atoms with E-state index >= 15 is 0 Å². The Balaban J connectivity index is 2.19. The molecule has 0 amide bonds. The van der Waals surface area contributed by atoms with Gasteiger partial charge in [0.05, 0.1) is 24.9 Å². The van der Waals surface area contributed by atoms with Gasteiger partial charge in [-0.1, -0.05) is 19.9 Å².